The quantitative estimate of drug-likeness (QED) is 0.780. The van der Waals surface area contributed by atoms with Crippen molar-refractivity contribution in [1.82, 2.24) is 14.8 Å². The van der Waals surface area contributed by atoms with E-state index in [1.807, 2.05) is 16.7 Å². The fraction of sp³-hybridized carbons (Fsp3) is 0.650. The average Bonchev–Trinajstić information content (AvgIpc) is 3.16. The molecule has 2 aliphatic rings. The van der Waals surface area contributed by atoms with Crippen molar-refractivity contribution < 1.29 is 14.3 Å². The molecule has 2 fully saturated rings. The molecule has 3 heterocycles. The predicted octanol–water partition coefficient (Wildman–Crippen LogP) is 1.41. The average molecular weight is 374 g/mol. The SMILES string of the molecule is COCCC(=O)N1CCC(c2cc(N3CCN(C(C)=O)CC3)cc(C)n2)C1. The van der Waals surface area contributed by atoms with E-state index in [4.69, 9.17) is 9.72 Å². The molecule has 2 aliphatic heterocycles. The molecule has 7 nitrogen and oxygen atoms in total. The summed E-state index contributed by atoms with van der Waals surface area (Å²) in [7, 11) is 1.62. The Morgan fingerprint density at radius 2 is 1.89 bits per heavy atom. The number of amides is 2. The number of likely N-dealkylation sites (tertiary alicyclic amines) is 1. The van der Waals surface area contributed by atoms with Crippen molar-refractivity contribution >= 4 is 17.5 Å². The Morgan fingerprint density at radius 1 is 1.15 bits per heavy atom. The molecular formula is C20H30N4O3. The van der Waals surface area contributed by atoms with Crippen LogP contribution in [-0.4, -0.2) is 79.6 Å². The van der Waals surface area contributed by atoms with E-state index in [2.05, 4.69) is 17.0 Å². The third kappa shape index (κ3) is 4.77. The minimum Gasteiger partial charge on any atom is -0.384 e. The highest BCUT2D eigenvalue weighted by Crippen LogP contribution is 2.29. The van der Waals surface area contributed by atoms with E-state index in [0.717, 1.165) is 57.1 Å². The van der Waals surface area contributed by atoms with Crippen molar-refractivity contribution in [2.24, 2.45) is 0 Å². The molecule has 0 aromatic carbocycles. The molecule has 1 atom stereocenters. The second-order valence-corrected chi connectivity index (χ2v) is 7.45. The van der Waals surface area contributed by atoms with Crippen molar-refractivity contribution in [1.29, 1.82) is 0 Å². The maximum absolute atomic E-state index is 12.2. The van der Waals surface area contributed by atoms with Gasteiger partial charge in [-0.25, -0.2) is 0 Å². The van der Waals surface area contributed by atoms with Gasteiger partial charge in [-0.2, -0.15) is 0 Å². The zero-order chi connectivity index (χ0) is 19.4. The molecular weight excluding hydrogens is 344 g/mol. The first-order valence-corrected chi connectivity index (χ1v) is 9.73. The third-order valence-corrected chi connectivity index (χ3v) is 5.53. The third-order valence-electron chi connectivity index (χ3n) is 5.53. The Balaban J connectivity index is 1.66. The molecule has 7 heteroatoms. The monoisotopic (exact) mass is 374 g/mol. The van der Waals surface area contributed by atoms with E-state index in [9.17, 15) is 9.59 Å². The van der Waals surface area contributed by atoms with E-state index in [0.29, 0.717) is 13.0 Å². The molecule has 0 saturated carbocycles. The van der Waals surface area contributed by atoms with Gasteiger partial charge in [-0.15, -0.1) is 0 Å². The van der Waals surface area contributed by atoms with E-state index in [-0.39, 0.29) is 17.7 Å². The highest BCUT2D eigenvalue weighted by Gasteiger charge is 2.29. The Bertz CT molecular complexity index is 686. The molecule has 0 spiro atoms. The van der Waals surface area contributed by atoms with Crippen LogP contribution >= 0.6 is 0 Å². The summed E-state index contributed by atoms with van der Waals surface area (Å²) >= 11 is 0. The lowest BCUT2D eigenvalue weighted by Crippen LogP contribution is -2.48. The molecule has 1 unspecified atom stereocenters. The van der Waals surface area contributed by atoms with Crippen molar-refractivity contribution in [3.05, 3.63) is 23.5 Å². The summed E-state index contributed by atoms with van der Waals surface area (Å²) in [6.45, 7) is 8.85. The number of piperazine rings is 1. The first kappa shape index (κ1) is 19.6. The summed E-state index contributed by atoms with van der Waals surface area (Å²) in [4.78, 5) is 34.7. The van der Waals surface area contributed by atoms with Gasteiger partial charge in [0.1, 0.15) is 0 Å². The lowest BCUT2D eigenvalue weighted by atomic mass is 10.0. The minimum atomic E-state index is 0.144. The Kier molecular flexibility index (Phi) is 6.31. The summed E-state index contributed by atoms with van der Waals surface area (Å²) < 4.78 is 5.01. The molecule has 1 aromatic heterocycles. The molecule has 0 bridgehead atoms. The molecule has 3 rings (SSSR count). The van der Waals surface area contributed by atoms with Gasteiger partial charge in [-0.3, -0.25) is 14.6 Å². The maximum atomic E-state index is 12.2. The maximum Gasteiger partial charge on any atom is 0.224 e. The van der Waals surface area contributed by atoms with Crippen LogP contribution in [0.3, 0.4) is 0 Å². The van der Waals surface area contributed by atoms with Gasteiger partial charge < -0.3 is 19.4 Å². The van der Waals surface area contributed by atoms with Gasteiger partial charge in [0.15, 0.2) is 0 Å². The van der Waals surface area contributed by atoms with Crippen molar-refractivity contribution in [3.63, 3.8) is 0 Å². The van der Waals surface area contributed by atoms with E-state index >= 15 is 0 Å². The van der Waals surface area contributed by atoms with Gasteiger partial charge in [0, 0.05) is 76.3 Å². The number of carbonyl (C=O) groups excluding carboxylic acids is 2. The number of aryl methyl sites for hydroxylation is 1. The molecule has 1 aromatic rings. The largest absolute Gasteiger partial charge is 0.384 e. The number of hydrogen-bond acceptors (Lipinski definition) is 5. The summed E-state index contributed by atoms with van der Waals surface area (Å²) in [6.07, 6.45) is 1.39. The standard InChI is InChI=1S/C20H30N4O3/c1-15-12-18(23-9-7-22(8-10-23)16(2)25)13-19(21-15)17-4-6-24(14-17)20(26)5-11-27-3/h12-13,17H,4-11,14H2,1-3H3. The van der Waals surface area contributed by atoms with Crippen molar-refractivity contribution in [3.8, 4) is 0 Å². The van der Waals surface area contributed by atoms with Crippen LogP contribution < -0.4 is 4.90 Å². The first-order chi connectivity index (χ1) is 13.0. The number of anilines is 1. The minimum absolute atomic E-state index is 0.144. The highest BCUT2D eigenvalue weighted by atomic mass is 16.5. The topological polar surface area (TPSA) is 66.0 Å². The van der Waals surface area contributed by atoms with Crippen LogP contribution in [0.4, 0.5) is 5.69 Å². The number of methoxy groups -OCH3 is 1. The number of nitrogens with zero attached hydrogens (tertiary/aromatic N) is 4. The second-order valence-electron chi connectivity index (χ2n) is 7.45. The van der Waals surface area contributed by atoms with E-state index < -0.39 is 0 Å². The smallest absolute Gasteiger partial charge is 0.224 e. The van der Waals surface area contributed by atoms with Crippen LogP contribution in [0.1, 0.15) is 37.1 Å². The van der Waals surface area contributed by atoms with Crippen LogP contribution in [-0.2, 0) is 14.3 Å². The van der Waals surface area contributed by atoms with Gasteiger partial charge in [-0.05, 0) is 25.5 Å². The van der Waals surface area contributed by atoms with Crippen LogP contribution in [0.15, 0.2) is 12.1 Å². The lowest BCUT2D eigenvalue weighted by molar-refractivity contribution is -0.131. The Morgan fingerprint density at radius 3 is 2.56 bits per heavy atom. The molecule has 0 radical (unpaired) electrons. The predicted molar refractivity (Wildman–Crippen MR) is 104 cm³/mol. The normalized spacial score (nSPS) is 20.3. The van der Waals surface area contributed by atoms with Crippen molar-refractivity contribution in [2.75, 3.05) is 57.9 Å². The second kappa shape index (κ2) is 8.69. The van der Waals surface area contributed by atoms with Crippen LogP contribution in [0.2, 0.25) is 0 Å². The van der Waals surface area contributed by atoms with Gasteiger partial charge >= 0.3 is 0 Å². The fourth-order valence-electron chi connectivity index (χ4n) is 3.92. The van der Waals surface area contributed by atoms with Crippen LogP contribution in [0, 0.1) is 6.92 Å². The zero-order valence-electron chi connectivity index (χ0n) is 16.6. The number of hydrogen-bond donors (Lipinski definition) is 0. The zero-order valence-corrected chi connectivity index (χ0v) is 16.6. The Labute approximate surface area is 161 Å². The Hall–Kier alpha value is -2.15. The number of carbonyl (C=O) groups is 2. The van der Waals surface area contributed by atoms with Gasteiger partial charge in [-0.1, -0.05) is 0 Å². The molecule has 2 amide bonds. The van der Waals surface area contributed by atoms with Crippen molar-refractivity contribution in [2.45, 2.75) is 32.6 Å². The van der Waals surface area contributed by atoms with Gasteiger partial charge in [0.25, 0.3) is 0 Å². The summed E-state index contributed by atoms with van der Waals surface area (Å²) in [5.41, 5.74) is 3.24. The number of aromatic nitrogens is 1. The number of pyridine rings is 1. The number of ether oxygens (including phenoxy) is 1. The molecule has 148 valence electrons. The molecule has 0 N–H and O–H groups in total. The van der Waals surface area contributed by atoms with Gasteiger partial charge in [0.05, 0.1) is 13.0 Å². The summed E-state index contributed by atoms with van der Waals surface area (Å²) in [5.74, 6) is 0.590. The summed E-state index contributed by atoms with van der Waals surface area (Å²) in [6, 6.07) is 4.29. The molecule has 2 saturated heterocycles. The van der Waals surface area contributed by atoms with Gasteiger partial charge in [0.2, 0.25) is 11.8 Å². The summed E-state index contributed by atoms with van der Waals surface area (Å²) in [5, 5.41) is 0. The van der Waals surface area contributed by atoms with E-state index in [1.54, 1.807) is 14.0 Å². The number of rotatable bonds is 5. The fourth-order valence-corrected chi connectivity index (χ4v) is 3.92. The first-order valence-electron chi connectivity index (χ1n) is 9.73. The lowest BCUT2D eigenvalue weighted by Gasteiger charge is -2.36. The van der Waals surface area contributed by atoms with E-state index in [1.165, 1.54) is 5.69 Å². The van der Waals surface area contributed by atoms with Crippen LogP contribution in [0.5, 0.6) is 0 Å². The molecule has 27 heavy (non-hydrogen) atoms. The highest BCUT2D eigenvalue weighted by molar-refractivity contribution is 5.76. The van der Waals surface area contributed by atoms with Crippen LogP contribution in [0.25, 0.3) is 0 Å². The molecule has 0 aliphatic carbocycles.